The molecule has 0 bridgehead atoms. The largest absolute Gasteiger partial charge is 0.545 e. The lowest BCUT2D eigenvalue weighted by atomic mass is 9.96. The number of carboxylic acids is 1. The number of carbonyl (C=O) groups excluding carboxylic acids is 2. The number of hydrogen-bond donors (Lipinski definition) is 0. The summed E-state index contributed by atoms with van der Waals surface area (Å²) >= 11 is 7.26. The molecule has 0 fully saturated rings. The minimum atomic E-state index is -1.27. The lowest BCUT2D eigenvalue weighted by Gasteiger charge is -2.25. The molecule has 2 heterocycles. The van der Waals surface area contributed by atoms with Crippen LogP contribution >= 0.6 is 22.9 Å². The van der Waals surface area contributed by atoms with Gasteiger partial charge in [0.2, 0.25) is 0 Å². The molecule has 0 amide bonds. The molecule has 34 heavy (non-hydrogen) atoms. The van der Waals surface area contributed by atoms with Gasteiger partial charge in [-0.2, -0.15) is 0 Å². The van der Waals surface area contributed by atoms with Crippen molar-refractivity contribution in [1.82, 2.24) is 4.57 Å². The lowest BCUT2D eigenvalue weighted by Crippen LogP contribution is -2.40. The quantitative estimate of drug-likeness (QED) is 0.505. The fraction of sp³-hybridized carbons (Fsp3) is 0.200. The van der Waals surface area contributed by atoms with E-state index in [4.69, 9.17) is 16.3 Å². The summed E-state index contributed by atoms with van der Waals surface area (Å²) in [6.45, 7) is 5.23. The number of rotatable bonds is 5. The summed E-state index contributed by atoms with van der Waals surface area (Å²) in [5.74, 6) is -1.81. The average molecular weight is 496 g/mol. The highest BCUT2D eigenvalue weighted by Gasteiger charge is 2.33. The summed E-state index contributed by atoms with van der Waals surface area (Å²) < 4.78 is 7.35. The zero-order valence-electron chi connectivity index (χ0n) is 18.6. The number of thiazole rings is 1. The molecule has 0 saturated carbocycles. The Bertz CT molecular complexity index is 1480. The predicted octanol–water partition coefficient (Wildman–Crippen LogP) is 2.20. The second-order valence-electron chi connectivity index (χ2n) is 8.00. The minimum Gasteiger partial charge on any atom is -0.545 e. The van der Waals surface area contributed by atoms with Crippen molar-refractivity contribution in [2.45, 2.75) is 32.9 Å². The summed E-state index contributed by atoms with van der Waals surface area (Å²) in [5.41, 5.74) is 1.82. The van der Waals surface area contributed by atoms with Crippen LogP contribution in [0.15, 0.2) is 69.6 Å². The van der Waals surface area contributed by atoms with E-state index in [-0.39, 0.29) is 22.8 Å². The van der Waals surface area contributed by atoms with E-state index in [1.807, 2.05) is 0 Å². The first-order valence-corrected chi connectivity index (χ1v) is 11.7. The number of allylic oxidation sites excluding steroid dienone is 1. The Hall–Kier alpha value is -3.49. The Morgan fingerprint density at radius 2 is 1.79 bits per heavy atom. The Morgan fingerprint density at radius 3 is 2.38 bits per heavy atom. The van der Waals surface area contributed by atoms with Crippen LogP contribution < -0.4 is 20.0 Å². The van der Waals surface area contributed by atoms with Crippen LogP contribution in [0.1, 0.15) is 48.3 Å². The Kier molecular flexibility index (Phi) is 6.54. The van der Waals surface area contributed by atoms with Crippen LogP contribution in [0.2, 0.25) is 5.02 Å². The second-order valence-corrected chi connectivity index (χ2v) is 9.44. The van der Waals surface area contributed by atoms with Crippen molar-refractivity contribution in [3.8, 4) is 0 Å². The average Bonchev–Trinajstić information content (AvgIpc) is 3.07. The van der Waals surface area contributed by atoms with Gasteiger partial charge >= 0.3 is 5.97 Å². The number of esters is 1. The van der Waals surface area contributed by atoms with E-state index in [0.717, 1.165) is 0 Å². The number of aromatic carboxylic acids is 1. The third kappa shape index (κ3) is 4.60. The molecular weight excluding hydrogens is 476 g/mol. The topological polar surface area (TPSA) is 101 Å². The summed E-state index contributed by atoms with van der Waals surface area (Å²) in [4.78, 5) is 42.5. The van der Waals surface area contributed by atoms with Crippen molar-refractivity contribution >= 4 is 41.0 Å². The van der Waals surface area contributed by atoms with Gasteiger partial charge in [-0.05, 0) is 55.7 Å². The van der Waals surface area contributed by atoms with Gasteiger partial charge in [-0.25, -0.2) is 9.79 Å². The maximum Gasteiger partial charge on any atom is 0.338 e. The van der Waals surface area contributed by atoms with Gasteiger partial charge in [-0.1, -0.05) is 59.3 Å². The fourth-order valence-electron chi connectivity index (χ4n) is 3.69. The van der Waals surface area contributed by atoms with E-state index >= 15 is 0 Å². The van der Waals surface area contributed by atoms with Crippen LogP contribution in [0.5, 0.6) is 0 Å². The summed E-state index contributed by atoms with van der Waals surface area (Å²) in [6, 6.07) is 12.2. The number of benzene rings is 2. The fourth-order valence-corrected chi connectivity index (χ4v) is 4.86. The van der Waals surface area contributed by atoms with Gasteiger partial charge in [0.25, 0.3) is 5.56 Å². The Balaban J connectivity index is 1.90. The third-order valence-electron chi connectivity index (χ3n) is 5.21. The smallest absolute Gasteiger partial charge is 0.338 e. The molecule has 0 aliphatic carbocycles. The van der Waals surface area contributed by atoms with Gasteiger partial charge < -0.3 is 14.6 Å². The number of aromatic nitrogens is 1. The van der Waals surface area contributed by atoms with E-state index in [1.54, 1.807) is 63.2 Å². The van der Waals surface area contributed by atoms with Gasteiger partial charge in [0.1, 0.15) is 0 Å². The van der Waals surface area contributed by atoms with Crippen LogP contribution in [0.25, 0.3) is 6.08 Å². The number of ether oxygens (including phenoxy) is 1. The van der Waals surface area contributed by atoms with Gasteiger partial charge in [0.15, 0.2) is 4.80 Å². The highest BCUT2D eigenvalue weighted by molar-refractivity contribution is 7.07. The first-order valence-electron chi connectivity index (χ1n) is 10.5. The Morgan fingerprint density at radius 1 is 1.15 bits per heavy atom. The van der Waals surface area contributed by atoms with Crippen LogP contribution in [-0.4, -0.2) is 22.6 Å². The van der Waals surface area contributed by atoms with E-state index < -0.39 is 18.0 Å². The number of fused-ring (bicyclic) bond motifs is 1. The zero-order chi connectivity index (χ0) is 24.6. The van der Waals surface area contributed by atoms with Crippen LogP contribution in [-0.2, 0) is 9.53 Å². The third-order valence-corrected chi connectivity index (χ3v) is 6.45. The molecule has 1 aromatic heterocycles. The molecule has 1 aliphatic rings. The number of halogens is 1. The number of carboxylic acid groups (broad SMARTS) is 1. The maximum atomic E-state index is 13.5. The van der Waals surface area contributed by atoms with Crippen LogP contribution in [0, 0.1) is 0 Å². The zero-order valence-corrected chi connectivity index (χ0v) is 20.1. The molecule has 0 saturated heterocycles. The maximum absolute atomic E-state index is 13.5. The molecule has 1 atom stereocenters. The highest BCUT2D eigenvalue weighted by Crippen LogP contribution is 2.31. The van der Waals surface area contributed by atoms with E-state index in [9.17, 15) is 19.5 Å². The number of hydrogen-bond acceptors (Lipinski definition) is 7. The standard InChI is InChI=1S/C25H21ClN2O5S/c1-13(2)33-24(32)20-14(3)27-25-28(21(20)16-8-10-18(26)11-9-16)22(29)19(34-25)12-15-4-6-17(7-5-15)23(30)31/h4-13,21H,1-3H3,(H,30,31)/p-1/b19-12-/t21-/m1/s1. The normalized spacial score (nSPS) is 15.8. The van der Waals surface area contributed by atoms with Crippen LogP contribution in [0.4, 0.5) is 0 Å². The monoisotopic (exact) mass is 495 g/mol. The van der Waals surface area contributed by atoms with Crippen LogP contribution in [0.3, 0.4) is 0 Å². The second kappa shape index (κ2) is 9.40. The summed E-state index contributed by atoms with van der Waals surface area (Å²) in [7, 11) is 0. The van der Waals surface area contributed by atoms with Gasteiger partial charge in [-0.15, -0.1) is 0 Å². The number of carbonyl (C=O) groups is 2. The van der Waals surface area contributed by atoms with Crippen molar-refractivity contribution in [3.63, 3.8) is 0 Å². The van der Waals surface area contributed by atoms with Gasteiger partial charge in [-0.3, -0.25) is 9.36 Å². The molecule has 174 valence electrons. The van der Waals surface area contributed by atoms with E-state index in [0.29, 0.717) is 31.2 Å². The molecule has 0 spiro atoms. The van der Waals surface area contributed by atoms with E-state index in [2.05, 4.69) is 4.99 Å². The predicted molar refractivity (Wildman–Crippen MR) is 127 cm³/mol. The van der Waals surface area contributed by atoms with Crippen molar-refractivity contribution in [2.24, 2.45) is 4.99 Å². The molecule has 9 heteroatoms. The lowest BCUT2D eigenvalue weighted by molar-refractivity contribution is -0.255. The highest BCUT2D eigenvalue weighted by atomic mass is 35.5. The number of nitrogens with zero attached hydrogens (tertiary/aromatic N) is 2. The molecule has 2 aromatic carbocycles. The van der Waals surface area contributed by atoms with Crippen molar-refractivity contribution in [2.75, 3.05) is 0 Å². The molecule has 4 rings (SSSR count). The molecular formula is C25H20ClN2O5S-. The van der Waals surface area contributed by atoms with Crippen molar-refractivity contribution < 1.29 is 19.4 Å². The van der Waals surface area contributed by atoms with Crippen molar-refractivity contribution in [3.05, 3.63) is 101 Å². The minimum absolute atomic E-state index is 0.0466. The van der Waals surface area contributed by atoms with E-state index in [1.165, 1.54) is 28.0 Å². The summed E-state index contributed by atoms with van der Waals surface area (Å²) in [6.07, 6.45) is 1.32. The first kappa shape index (κ1) is 23.7. The molecule has 0 unspecified atom stereocenters. The molecule has 1 aliphatic heterocycles. The first-order chi connectivity index (χ1) is 16.2. The molecule has 0 radical (unpaired) electrons. The Labute approximate surface area is 203 Å². The molecule has 7 nitrogen and oxygen atoms in total. The van der Waals surface area contributed by atoms with Gasteiger partial charge in [0.05, 0.1) is 33.9 Å². The van der Waals surface area contributed by atoms with Gasteiger partial charge in [0, 0.05) is 5.02 Å². The SMILES string of the molecule is CC1=C(C(=O)OC(C)C)[C@@H](c2ccc(Cl)cc2)n2c(s/c(=C\c3ccc(C(=O)[O-])cc3)c2=O)=N1. The molecule has 3 aromatic rings. The molecule has 0 N–H and O–H groups in total. The summed E-state index contributed by atoms with van der Waals surface area (Å²) in [5, 5.41) is 11.5. The van der Waals surface area contributed by atoms with Crippen molar-refractivity contribution in [1.29, 1.82) is 0 Å².